The molecule has 1 atom stereocenters. The van der Waals surface area contributed by atoms with Gasteiger partial charge in [0.1, 0.15) is 5.82 Å². The maximum Gasteiger partial charge on any atom is 0.123 e. The smallest absolute Gasteiger partial charge is 0.123 e. The van der Waals surface area contributed by atoms with Crippen molar-refractivity contribution in [1.82, 2.24) is 17.8 Å². The van der Waals surface area contributed by atoms with Crippen LogP contribution in [0.25, 0.3) is 0 Å². The van der Waals surface area contributed by atoms with Gasteiger partial charge >= 0.3 is 0 Å². The van der Waals surface area contributed by atoms with Crippen LogP contribution in [0.3, 0.4) is 0 Å². The van der Waals surface area contributed by atoms with Gasteiger partial charge in [-0.1, -0.05) is 26.2 Å². The van der Waals surface area contributed by atoms with Gasteiger partial charge in [0.25, 0.3) is 0 Å². The maximum absolute atomic E-state index is 13.7. The Balaban J connectivity index is 1.21. The molecule has 0 bridgehead atoms. The molecule has 0 amide bonds. The molecule has 6 nitrogen and oxygen atoms in total. The Morgan fingerprint density at radius 1 is 0.756 bits per heavy atom. The molecule has 250 valence electrons. The van der Waals surface area contributed by atoms with Gasteiger partial charge in [-0.25, -0.2) is 17.3 Å². The third-order valence-electron chi connectivity index (χ3n) is 9.59. The van der Waals surface area contributed by atoms with E-state index in [-0.39, 0.29) is 5.82 Å². The van der Waals surface area contributed by atoms with Crippen molar-refractivity contribution in [2.24, 2.45) is 11.8 Å². The van der Waals surface area contributed by atoms with Gasteiger partial charge in [-0.15, -0.1) is 0 Å². The van der Waals surface area contributed by atoms with Crippen molar-refractivity contribution in [3.63, 3.8) is 0 Å². The summed E-state index contributed by atoms with van der Waals surface area (Å²) in [6.07, 6.45) is 9.59. The highest BCUT2D eigenvalue weighted by Crippen LogP contribution is 2.30. The van der Waals surface area contributed by atoms with Gasteiger partial charge < -0.3 is 14.7 Å². The second-order valence-corrected chi connectivity index (χ2v) is 16.2. The fraction of sp³-hybridized carbons (Fsp3) is 0.667. The van der Waals surface area contributed by atoms with Crippen molar-refractivity contribution in [3.8, 4) is 0 Å². The highest BCUT2D eigenvalue weighted by atomic mass is 32.2. The molecule has 0 aromatic heterocycles. The molecule has 3 aliphatic rings. The molecule has 3 fully saturated rings. The zero-order valence-corrected chi connectivity index (χ0v) is 29.9. The Bertz CT molecular complexity index is 1150. The second-order valence-electron chi connectivity index (χ2n) is 13.8. The summed E-state index contributed by atoms with van der Waals surface area (Å²) in [4.78, 5) is 8.74. The fourth-order valence-corrected chi connectivity index (χ4v) is 9.46. The van der Waals surface area contributed by atoms with E-state index in [4.69, 9.17) is 0 Å². The highest BCUT2D eigenvalue weighted by Gasteiger charge is 2.25. The van der Waals surface area contributed by atoms with E-state index in [0.29, 0.717) is 5.92 Å². The lowest BCUT2D eigenvalue weighted by Gasteiger charge is -2.39. The first-order valence-corrected chi connectivity index (χ1v) is 18.9. The summed E-state index contributed by atoms with van der Waals surface area (Å²) in [6.45, 7) is 16.6. The Kier molecular flexibility index (Phi) is 13.6. The minimum absolute atomic E-state index is 0.147. The fourth-order valence-electron chi connectivity index (χ4n) is 7.17. The predicted octanol–water partition coefficient (Wildman–Crippen LogP) is 7.51. The molecule has 2 heterocycles. The van der Waals surface area contributed by atoms with Gasteiger partial charge in [0, 0.05) is 101 Å². The average Bonchev–Trinajstić information content (AvgIpc) is 3.01. The Morgan fingerprint density at radius 2 is 1.42 bits per heavy atom. The molecule has 0 spiro atoms. The van der Waals surface area contributed by atoms with Crippen molar-refractivity contribution >= 4 is 35.5 Å². The van der Waals surface area contributed by atoms with Gasteiger partial charge in [0.05, 0.1) is 0 Å². The van der Waals surface area contributed by atoms with E-state index in [9.17, 15) is 4.39 Å². The van der Waals surface area contributed by atoms with Crippen LogP contribution in [0.5, 0.6) is 0 Å². The van der Waals surface area contributed by atoms with E-state index in [1.165, 1.54) is 80.9 Å². The van der Waals surface area contributed by atoms with Crippen LogP contribution in [-0.2, 0) is 0 Å². The maximum atomic E-state index is 13.7. The number of nitrogens with zero attached hydrogens (tertiary/aromatic N) is 6. The largest absolute Gasteiger partial charge is 0.378 e. The lowest BCUT2D eigenvalue weighted by atomic mass is 9.89. The summed E-state index contributed by atoms with van der Waals surface area (Å²) in [6, 6.07) is 14.3. The van der Waals surface area contributed by atoms with Gasteiger partial charge in [-0.05, 0) is 118 Å². The third kappa shape index (κ3) is 11.0. The van der Waals surface area contributed by atoms with Crippen LogP contribution in [0.4, 0.5) is 15.8 Å². The number of piperazine rings is 1. The number of hydrogen-bond donors (Lipinski definition) is 0. The molecule has 1 unspecified atom stereocenters. The number of hydrogen-bond acceptors (Lipinski definition) is 8. The topological polar surface area (TPSA) is 19.4 Å². The molecule has 2 aromatic rings. The summed E-state index contributed by atoms with van der Waals surface area (Å²) in [5, 5.41) is 0. The molecule has 1 aliphatic carbocycles. The zero-order chi connectivity index (χ0) is 31.6. The molecule has 45 heavy (non-hydrogen) atoms. The molecule has 5 rings (SSSR count). The van der Waals surface area contributed by atoms with Crippen LogP contribution in [0.1, 0.15) is 57.4 Å². The number of rotatable bonds is 8. The van der Waals surface area contributed by atoms with Crippen LogP contribution >= 0.6 is 24.1 Å². The monoisotopic (exact) mass is 656 g/mol. The summed E-state index contributed by atoms with van der Waals surface area (Å²) in [5.74, 6) is 1.32. The van der Waals surface area contributed by atoms with E-state index < -0.39 is 0 Å². The van der Waals surface area contributed by atoms with E-state index in [1.54, 1.807) is 12.1 Å². The Hall–Kier alpha value is -1.49. The van der Waals surface area contributed by atoms with Crippen molar-refractivity contribution in [1.29, 1.82) is 0 Å². The molecule has 0 radical (unpaired) electrons. The van der Waals surface area contributed by atoms with Crippen LogP contribution in [0.15, 0.2) is 47.4 Å². The third-order valence-corrected chi connectivity index (χ3v) is 11.8. The van der Waals surface area contributed by atoms with Gasteiger partial charge in [-0.3, -0.25) is 0 Å². The standard InChI is InChI=1S/C36H57FN6S2/c1-30-27-42(44-35-15-13-34(14-16-35)38(3)4)20-8-18-39(29-32-10-6-5-7-11-32)19-9-21-43(28-30)45-41-24-22-40(23-25-41)36-17-12-33(37)26-31(36)2/h12-17,26,30,32H,5-11,18-25,27-29H2,1-4H3. The highest BCUT2D eigenvalue weighted by molar-refractivity contribution is 7.97. The summed E-state index contributed by atoms with van der Waals surface area (Å²) in [7, 11) is 4.21. The molecule has 2 saturated heterocycles. The number of anilines is 2. The van der Waals surface area contributed by atoms with Crippen molar-refractivity contribution in [3.05, 3.63) is 53.8 Å². The summed E-state index contributed by atoms with van der Waals surface area (Å²) >= 11 is 3.92. The first-order valence-electron chi connectivity index (χ1n) is 17.4. The lowest BCUT2D eigenvalue weighted by molar-refractivity contribution is 0.183. The molecule has 2 aromatic carbocycles. The average molecular weight is 657 g/mol. The molecular weight excluding hydrogens is 600 g/mol. The Morgan fingerprint density at radius 3 is 2.09 bits per heavy atom. The molecule has 2 aliphatic heterocycles. The van der Waals surface area contributed by atoms with Crippen LogP contribution < -0.4 is 9.80 Å². The molecule has 0 N–H and O–H groups in total. The quantitative estimate of drug-likeness (QED) is 0.269. The summed E-state index contributed by atoms with van der Waals surface area (Å²) in [5.41, 5.74) is 3.45. The predicted molar refractivity (Wildman–Crippen MR) is 194 cm³/mol. The summed E-state index contributed by atoms with van der Waals surface area (Å²) < 4.78 is 21.6. The van der Waals surface area contributed by atoms with Crippen LogP contribution in [-0.4, -0.2) is 104 Å². The lowest BCUT2D eigenvalue weighted by Crippen LogP contribution is -2.46. The molecule has 1 saturated carbocycles. The van der Waals surface area contributed by atoms with Crippen LogP contribution in [0, 0.1) is 24.6 Å². The normalized spacial score (nSPS) is 23.0. The van der Waals surface area contributed by atoms with Gasteiger partial charge in [0.2, 0.25) is 0 Å². The van der Waals surface area contributed by atoms with E-state index in [2.05, 4.69) is 72.9 Å². The van der Waals surface area contributed by atoms with Gasteiger partial charge in [-0.2, -0.15) is 0 Å². The number of benzene rings is 2. The first kappa shape index (κ1) is 34.8. The minimum atomic E-state index is -0.147. The minimum Gasteiger partial charge on any atom is -0.378 e. The number of aryl methyl sites for hydroxylation is 1. The molecular formula is C36H57FN6S2. The molecule has 9 heteroatoms. The van der Waals surface area contributed by atoms with Gasteiger partial charge in [0.15, 0.2) is 0 Å². The van der Waals surface area contributed by atoms with Crippen molar-refractivity contribution in [2.45, 2.75) is 63.7 Å². The first-order chi connectivity index (χ1) is 21.8. The van der Waals surface area contributed by atoms with E-state index in [0.717, 1.165) is 63.8 Å². The SMILES string of the molecule is Cc1cc(F)ccc1N1CCN(SN2CCCN(CC3CCCCC3)CCCN(Sc3ccc(N(C)C)cc3)CC(C)C2)CC1. The zero-order valence-electron chi connectivity index (χ0n) is 28.3. The number of halogens is 1. The van der Waals surface area contributed by atoms with E-state index in [1.807, 2.05) is 37.1 Å². The van der Waals surface area contributed by atoms with Crippen molar-refractivity contribution < 1.29 is 4.39 Å². The second kappa shape index (κ2) is 17.6. The van der Waals surface area contributed by atoms with E-state index >= 15 is 0 Å². The van der Waals surface area contributed by atoms with Crippen LogP contribution in [0.2, 0.25) is 0 Å². The Labute approximate surface area is 282 Å². The van der Waals surface area contributed by atoms with Crippen molar-refractivity contribution in [2.75, 3.05) is 95.9 Å².